The Morgan fingerprint density at radius 2 is 1.70 bits per heavy atom. The van der Waals surface area contributed by atoms with Gasteiger partial charge in [-0.05, 0) is 6.42 Å². The Labute approximate surface area is 119 Å². The second kappa shape index (κ2) is 9.63. The van der Waals surface area contributed by atoms with Crippen molar-refractivity contribution in [1.29, 1.82) is 0 Å². The van der Waals surface area contributed by atoms with E-state index in [0.29, 0.717) is 6.61 Å². The highest BCUT2D eigenvalue weighted by molar-refractivity contribution is 4.89. The largest absolute Gasteiger partial charge is 0.394 e. The highest BCUT2D eigenvalue weighted by atomic mass is 19.1. The molecule has 0 aliphatic carbocycles. The maximum atomic E-state index is 13.6. The number of halogens is 1. The summed E-state index contributed by atoms with van der Waals surface area (Å²) in [5.41, 5.74) is 0. The zero-order chi connectivity index (χ0) is 15.0. The summed E-state index contributed by atoms with van der Waals surface area (Å²) in [4.78, 5) is 0. The van der Waals surface area contributed by atoms with Crippen molar-refractivity contribution < 1.29 is 29.2 Å². The number of unbranched alkanes of at least 4 members (excludes halogenated alkanes) is 5. The molecule has 5 nitrogen and oxygen atoms in total. The Morgan fingerprint density at radius 3 is 2.35 bits per heavy atom. The molecule has 6 heteroatoms. The van der Waals surface area contributed by atoms with Crippen LogP contribution >= 0.6 is 0 Å². The van der Waals surface area contributed by atoms with Crippen LogP contribution in [0.3, 0.4) is 0 Å². The third-order valence-corrected chi connectivity index (χ3v) is 3.58. The van der Waals surface area contributed by atoms with Crippen molar-refractivity contribution in [3.8, 4) is 0 Å². The van der Waals surface area contributed by atoms with Crippen LogP contribution in [-0.2, 0) is 9.47 Å². The summed E-state index contributed by atoms with van der Waals surface area (Å²) in [6.07, 6.45) is -0.490. The summed E-state index contributed by atoms with van der Waals surface area (Å²) in [5.74, 6) is 0. The molecule has 1 aliphatic heterocycles. The van der Waals surface area contributed by atoms with Gasteiger partial charge in [-0.25, -0.2) is 4.39 Å². The van der Waals surface area contributed by atoms with E-state index < -0.39 is 37.4 Å². The van der Waals surface area contributed by atoms with E-state index in [2.05, 4.69) is 6.92 Å². The highest BCUT2D eigenvalue weighted by Gasteiger charge is 2.45. The lowest BCUT2D eigenvalue weighted by Crippen LogP contribution is -2.57. The third-order valence-electron chi connectivity index (χ3n) is 3.58. The van der Waals surface area contributed by atoms with Gasteiger partial charge in [0.05, 0.1) is 6.61 Å². The molecule has 5 atom stereocenters. The SMILES string of the molecule is CCCCCCCCO[C@@H]1O[C@H](CO)[C@H](O)[C@H](F)[C@H]1O. The quantitative estimate of drug-likeness (QED) is 0.556. The molecule has 0 saturated carbocycles. The normalized spacial score (nSPS) is 34.4. The van der Waals surface area contributed by atoms with E-state index in [1.165, 1.54) is 19.3 Å². The average molecular weight is 294 g/mol. The van der Waals surface area contributed by atoms with Crippen LogP contribution in [0.25, 0.3) is 0 Å². The standard InChI is InChI=1S/C14H27FO5/c1-2-3-4-5-6-7-8-19-14-13(18)11(15)12(17)10(9-16)20-14/h10-14,16-18H,2-9H2,1H3/t10-,11+,12+,13-,14-/m1/s1. The second-order valence-electron chi connectivity index (χ2n) is 5.29. The molecule has 120 valence electrons. The number of hydrogen-bond acceptors (Lipinski definition) is 5. The molecule has 20 heavy (non-hydrogen) atoms. The molecule has 1 heterocycles. The van der Waals surface area contributed by atoms with Crippen molar-refractivity contribution in [2.24, 2.45) is 0 Å². The number of alkyl halides is 1. The lowest BCUT2D eigenvalue weighted by atomic mass is 10.0. The summed E-state index contributed by atoms with van der Waals surface area (Å²) >= 11 is 0. The van der Waals surface area contributed by atoms with Crippen molar-refractivity contribution in [2.75, 3.05) is 13.2 Å². The predicted octanol–water partition coefficient (Wildman–Crippen LogP) is 1.14. The summed E-state index contributed by atoms with van der Waals surface area (Å²) in [5, 5.41) is 28.1. The zero-order valence-electron chi connectivity index (χ0n) is 12.1. The van der Waals surface area contributed by atoms with Crippen LogP contribution in [0.5, 0.6) is 0 Å². The van der Waals surface area contributed by atoms with E-state index in [4.69, 9.17) is 14.6 Å². The summed E-state index contributed by atoms with van der Waals surface area (Å²) in [7, 11) is 0. The van der Waals surface area contributed by atoms with Gasteiger partial charge in [-0.15, -0.1) is 0 Å². The van der Waals surface area contributed by atoms with E-state index in [0.717, 1.165) is 19.3 Å². The minimum atomic E-state index is -1.87. The summed E-state index contributed by atoms with van der Waals surface area (Å²) in [6.45, 7) is 2.02. The van der Waals surface area contributed by atoms with Gasteiger partial charge >= 0.3 is 0 Å². The molecule has 0 spiro atoms. The third kappa shape index (κ3) is 5.26. The minimum Gasteiger partial charge on any atom is -0.394 e. The van der Waals surface area contributed by atoms with Gasteiger partial charge in [-0.3, -0.25) is 0 Å². The van der Waals surface area contributed by atoms with E-state index in [1.807, 2.05) is 0 Å². The van der Waals surface area contributed by atoms with Gasteiger partial charge in [0, 0.05) is 6.61 Å². The smallest absolute Gasteiger partial charge is 0.186 e. The van der Waals surface area contributed by atoms with Crippen molar-refractivity contribution in [2.45, 2.75) is 76.2 Å². The van der Waals surface area contributed by atoms with Gasteiger partial charge in [0.25, 0.3) is 0 Å². The minimum absolute atomic E-state index is 0.370. The molecule has 0 aromatic heterocycles. The van der Waals surface area contributed by atoms with Gasteiger partial charge in [-0.2, -0.15) is 0 Å². The molecular formula is C14H27FO5. The molecule has 0 aromatic carbocycles. The highest BCUT2D eigenvalue weighted by Crippen LogP contribution is 2.24. The Balaban J connectivity index is 2.21. The van der Waals surface area contributed by atoms with Crippen LogP contribution in [0.15, 0.2) is 0 Å². The molecule has 1 aliphatic rings. The van der Waals surface area contributed by atoms with Crippen LogP contribution in [0.2, 0.25) is 0 Å². The molecular weight excluding hydrogens is 267 g/mol. The first-order chi connectivity index (χ1) is 9.61. The molecule has 3 N–H and O–H groups in total. The first kappa shape index (κ1) is 17.8. The van der Waals surface area contributed by atoms with Crippen LogP contribution in [-0.4, -0.2) is 59.3 Å². The molecule has 1 saturated heterocycles. The second-order valence-corrected chi connectivity index (χ2v) is 5.29. The van der Waals surface area contributed by atoms with Crippen LogP contribution in [0, 0.1) is 0 Å². The van der Waals surface area contributed by atoms with E-state index in [1.54, 1.807) is 0 Å². The Hall–Kier alpha value is -0.270. The number of rotatable bonds is 9. The lowest BCUT2D eigenvalue weighted by Gasteiger charge is -2.38. The van der Waals surface area contributed by atoms with Crippen LogP contribution in [0.4, 0.5) is 4.39 Å². The van der Waals surface area contributed by atoms with Gasteiger partial charge < -0.3 is 24.8 Å². The molecule has 0 amide bonds. The van der Waals surface area contributed by atoms with Gasteiger partial charge in [0.15, 0.2) is 12.5 Å². The van der Waals surface area contributed by atoms with Gasteiger partial charge in [0.2, 0.25) is 0 Å². The Kier molecular flexibility index (Phi) is 8.56. The molecule has 0 unspecified atom stereocenters. The van der Waals surface area contributed by atoms with Gasteiger partial charge in [0.1, 0.15) is 18.3 Å². The Morgan fingerprint density at radius 1 is 1.05 bits per heavy atom. The molecule has 0 radical (unpaired) electrons. The van der Waals surface area contributed by atoms with E-state index >= 15 is 0 Å². The molecule has 0 aromatic rings. The maximum Gasteiger partial charge on any atom is 0.186 e. The molecule has 0 bridgehead atoms. The van der Waals surface area contributed by atoms with Crippen LogP contribution in [0.1, 0.15) is 45.4 Å². The van der Waals surface area contributed by atoms with Crippen molar-refractivity contribution >= 4 is 0 Å². The first-order valence-corrected chi connectivity index (χ1v) is 7.50. The monoisotopic (exact) mass is 294 g/mol. The van der Waals surface area contributed by atoms with Crippen molar-refractivity contribution in [3.05, 3.63) is 0 Å². The fraction of sp³-hybridized carbons (Fsp3) is 1.00. The summed E-state index contributed by atoms with van der Waals surface area (Å²) < 4.78 is 24.1. The van der Waals surface area contributed by atoms with Gasteiger partial charge in [-0.1, -0.05) is 39.0 Å². The van der Waals surface area contributed by atoms with E-state index in [9.17, 15) is 14.6 Å². The first-order valence-electron chi connectivity index (χ1n) is 7.50. The lowest BCUT2D eigenvalue weighted by molar-refractivity contribution is -0.290. The topological polar surface area (TPSA) is 79.2 Å². The van der Waals surface area contributed by atoms with Crippen molar-refractivity contribution in [1.82, 2.24) is 0 Å². The van der Waals surface area contributed by atoms with Crippen molar-refractivity contribution in [3.63, 3.8) is 0 Å². The number of aliphatic hydroxyl groups excluding tert-OH is 3. The fourth-order valence-corrected chi connectivity index (χ4v) is 2.26. The number of hydrogen-bond donors (Lipinski definition) is 3. The average Bonchev–Trinajstić information content (AvgIpc) is 2.46. The van der Waals surface area contributed by atoms with Crippen LogP contribution < -0.4 is 0 Å². The number of ether oxygens (including phenoxy) is 2. The number of aliphatic hydroxyl groups is 3. The zero-order valence-corrected chi connectivity index (χ0v) is 12.1. The fourth-order valence-electron chi connectivity index (χ4n) is 2.26. The van der Waals surface area contributed by atoms with E-state index in [-0.39, 0.29) is 0 Å². The maximum absolute atomic E-state index is 13.6. The Bertz CT molecular complexity index is 252. The molecule has 1 fully saturated rings. The summed E-state index contributed by atoms with van der Waals surface area (Å²) in [6, 6.07) is 0. The predicted molar refractivity (Wildman–Crippen MR) is 72.0 cm³/mol. The molecule has 1 rings (SSSR count).